The van der Waals surface area contributed by atoms with Crippen LogP contribution in [0.4, 0.5) is 16.3 Å². The average Bonchev–Trinajstić information content (AvgIpc) is 3.46. The maximum Gasteiger partial charge on any atom is 0.414 e. The average molecular weight is 453 g/mol. The van der Waals surface area contributed by atoms with E-state index in [1.54, 1.807) is 28.9 Å². The van der Waals surface area contributed by atoms with Gasteiger partial charge >= 0.3 is 6.09 Å². The minimum absolute atomic E-state index is 0.278. The molecule has 2 amide bonds. The summed E-state index contributed by atoms with van der Waals surface area (Å²) in [6.45, 7) is 3.36. The number of carbonyl (C=O) groups excluding carboxylic acids is 2. The van der Waals surface area contributed by atoms with E-state index in [2.05, 4.69) is 5.32 Å². The molecule has 2 heterocycles. The number of benzene rings is 3. The first-order chi connectivity index (χ1) is 16.6. The Balaban J connectivity index is 1.46. The smallest absolute Gasteiger partial charge is 0.414 e. The molecule has 7 nitrogen and oxygen atoms in total. The van der Waals surface area contributed by atoms with Crippen LogP contribution in [-0.2, 0) is 11.3 Å². The molecule has 0 saturated carbocycles. The monoisotopic (exact) mass is 452 g/mol. The zero-order valence-corrected chi connectivity index (χ0v) is 18.8. The number of hydrogen-bond acceptors (Lipinski definition) is 4. The first kappa shape index (κ1) is 21.5. The number of aromatic nitrogens is 2. The Bertz CT molecular complexity index is 1350. The molecule has 0 aliphatic carbocycles. The third-order valence-electron chi connectivity index (χ3n) is 5.80. The van der Waals surface area contributed by atoms with Gasteiger partial charge in [-0.2, -0.15) is 5.10 Å². The molecule has 1 fully saturated rings. The van der Waals surface area contributed by atoms with Crippen molar-refractivity contribution in [3.8, 4) is 11.3 Å². The Kier molecular flexibility index (Phi) is 5.82. The van der Waals surface area contributed by atoms with Gasteiger partial charge in [0.25, 0.3) is 5.91 Å². The van der Waals surface area contributed by atoms with Crippen LogP contribution in [0.15, 0.2) is 84.9 Å². The van der Waals surface area contributed by atoms with E-state index < -0.39 is 6.09 Å². The van der Waals surface area contributed by atoms with Crippen LogP contribution >= 0.6 is 0 Å². The highest BCUT2D eigenvalue weighted by Crippen LogP contribution is 2.26. The van der Waals surface area contributed by atoms with Gasteiger partial charge in [0, 0.05) is 22.9 Å². The molecule has 7 heteroatoms. The van der Waals surface area contributed by atoms with Crippen LogP contribution in [0, 0.1) is 6.92 Å². The zero-order valence-electron chi connectivity index (χ0n) is 18.8. The number of amides is 2. The molecule has 0 spiro atoms. The fourth-order valence-electron chi connectivity index (χ4n) is 4.02. The minimum Gasteiger partial charge on any atom is -0.447 e. The molecule has 5 rings (SSSR count). The maximum atomic E-state index is 13.2. The van der Waals surface area contributed by atoms with Crippen molar-refractivity contribution in [2.24, 2.45) is 0 Å². The largest absolute Gasteiger partial charge is 0.447 e. The van der Waals surface area contributed by atoms with Gasteiger partial charge in [-0.25, -0.2) is 9.48 Å². The van der Waals surface area contributed by atoms with Crippen molar-refractivity contribution in [3.05, 3.63) is 102 Å². The van der Waals surface area contributed by atoms with Crippen molar-refractivity contribution in [2.75, 3.05) is 23.4 Å². The quantitative estimate of drug-likeness (QED) is 0.441. The first-order valence-corrected chi connectivity index (χ1v) is 11.1. The Morgan fingerprint density at radius 1 is 1.00 bits per heavy atom. The third kappa shape index (κ3) is 4.41. The van der Waals surface area contributed by atoms with E-state index in [4.69, 9.17) is 9.84 Å². The van der Waals surface area contributed by atoms with E-state index in [9.17, 15) is 9.59 Å². The second kappa shape index (κ2) is 9.23. The maximum absolute atomic E-state index is 13.2. The fourth-order valence-corrected chi connectivity index (χ4v) is 4.02. The molecule has 3 aromatic carbocycles. The highest BCUT2D eigenvalue weighted by molar-refractivity contribution is 6.05. The molecule has 0 unspecified atom stereocenters. The molecule has 0 bridgehead atoms. The Hall–Kier alpha value is -4.39. The predicted octanol–water partition coefficient (Wildman–Crippen LogP) is 5.12. The summed E-state index contributed by atoms with van der Waals surface area (Å²) in [6, 6.07) is 26.9. The Morgan fingerprint density at radius 2 is 1.79 bits per heavy atom. The fraction of sp³-hybridized carbons (Fsp3) is 0.148. The van der Waals surface area contributed by atoms with Crippen LogP contribution < -0.4 is 10.2 Å². The predicted molar refractivity (Wildman–Crippen MR) is 131 cm³/mol. The summed E-state index contributed by atoms with van der Waals surface area (Å²) in [5.74, 6) is 0.318. The molecule has 0 radical (unpaired) electrons. The van der Waals surface area contributed by atoms with Crippen LogP contribution in [0.25, 0.3) is 11.3 Å². The lowest BCUT2D eigenvalue weighted by atomic mass is 10.1. The molecule has 0 atom stereocenters. The summed E-state index contributed by atoms with van der Waals surface area (Å²) in [4.78, 5) is 26.6. The number of hydrogen-bond donors (Lipinski definition) is 1. The van der Waals surface area contributed by atoms with Crippen LogP contribution in [0.2, 0.25) is 0 Å². The summed E-state index contributed by atoms with van der Waals surface area (Å²) < 4.78 is 6.82. The summed E-state index contributed by atoms with van der Waals surface area (Å²) in [6.07, 6.45) is -0.402. The summed E-state index contributed by atoms with van der Waals surface area (Å²) >= 11 is 0. The number of nitrogens with one attached hydrogen (secondary N) is 1. The molecule has 1 aliphatic rings. The van der Waals surface area contributed by atoms with Gasteiger partial charge < -0.3 is 10.1 Å². The summed E-state index contributed by atoms with van der Waals surface area (Å²) in [7, 11) is 0. The van der Waals surface area contributed by atoms with Crippen molar-refractivity contribution in [1.29, 1.82) is 0 Å². The van der Waals surface area contributed by atoms with Gasteiger partial charge in [0.1, 0.15) is 12.4 Å². The number of cyclic esters (lactones) is 1. The molecular formula is C27H24N4O3. The summed E-state index contributed by atoms with van der Waals surface area (Å²) in [5.41, 5.74) is 5.06. The number of nitrogens with zero attached hydrogens (tertiary/aromatic N) is 3. The van der Waals surface area contributed by atoms with E-state index in [1.165, 1.54) is 4.90 Å². The van der Waals surface area contributed by atoms with Crippen LogP contribution in [0.3, 0.4) is 0 Å². The van der Waals surface area contributed by atoms with Crippen molar-refractivity contribution >= 4 is 23.5 Å². The zero-order chi connectivity index (χ0) is 23.5. The van der Waals surface area contributed by atoms with Crippen molar-refractivity contribution in [2.45, 2.75) is 13.5 Å². The molecular weight excluding hydrogens is 428 g/mol. The van der Waals surface area contributed by atoms with Gasteiger partial charge in [-0.15, -0.1) is 0 Å². The van der Waals surface area contributed by atoms with E-state index in [1.807, 2.05) is 67.6 Å². The normalized spacial score (nSPS) is 13.1. The minimum atomic E-state index is -0.402. The lowest BCUT2D eigenvalue weighted by Crippen LogP contribution is -2.24. The van der Waals surface area contributed by atoms with E-state index in [0.717, 1.165) is 22.4 Å². The van der Waals surface area contributed by atoms with E-state index in [0.29, 0.717) is 36.8 Å². The molecule has 4 aromatic rings. The lowest BCUT2D eigenvalue weighted by molar-refractivity contribution is 0.102. The number of ether oxygens (including phenoxy) is 1. The standard InChI is InChI=1S/C27H24N4O3/c1-19-8-5-6-13-23(19)24-17-25(31(29-24)18-20-9-3-2-4-10-20)28-26(32)21-11-7-12-22(16-21)30-14-15-34-27(30)33/h2-13,16-17H,14-15,18H2,1H3,(H,28,32). The highest BCUT2D eigenvalue weighted by Gasteiger charge is 2.24. The van der Waals surface area contributed by atoms with Crippen molar-refractivity contribution in [1.82, 2.24) is 9.78 Å². The van der Waals surface area contributed by atoms with Crippen LogP contribution in [-0.4, -0.2) is 34.9 Å². The van der Waals surface area contributed by atoms with Crippen molar-refractivity contribution < 1.29 is 14.3 Å². The van der Waals surface area contributed by atoms with Gasteiger partial charge in [0.05, 0.1) is 18.8 Å². The van der Waals surface area contributed by atoms with Crippen LogP contribution in [0.5, 0.6) is 0 Å². The van der Waals surface area contributed by atoms with Gasteiger partial charge in [-0.3, -0.25) is 9.69 Å². The molecule has 1 saturated heterocycles. The van der Waals surface area contributed by atoms with Gasteiger partial charge in [-0.1, -0.05) is 60.7 Å². The van der Waals surface area contributed by atoms with Gasteiger partial charge in [0.2, 0.25) is 0 Å². The second-order valence-electron chi connectivity index (χ2n) is 8.14. The first-order valence-electron chi connectivity index (χ1n) is 11.1. The topological polar surface area (TPSA) is 76.5 Å². The molecule has 34 heavy (non-hydrogen) atoms. The van der Waals surface area contributed by atoms with Gasteiger partial charge in [-0.05, 0) is 36.2 Å². The van der Waals surface area contributed by atoms with E-state index >= 15 is 0 Å². The molecule has 1 aromatic heterocycles. The second-order valence-corrected chi connectivity index (χ2v) is 8.14. The number of carbonyl (C=O) groups is 2. The third-order valence-corrected chi connectivity index (χ3v) is 5.80. The number of aryl methyl sites for hydroxylation is 1. The highest BCUT2D eigenvalue weighted by atomic mass is 16.6. The molecule has 1 aliphatic heterocycles. The SMILES string of the molecule is Cc1ccccc1-c1cc(NC(=O)c2cccc(N3CCOC3=O)c2)n(Cc2ccccc2)n1. The number of anilines is 2. The van der Waals surface area contributed by atoms with Crippen molar-refractivity contribution in [3.63, 3.8) is 0 Å². The van der Waals surface area contributed by atoms with E-state index in [-0.39, 0.29) is 5.91 Å². The Labute approximate surface area is 197 Å². The number of rotatable bonds is 6. The molecule has 170 valence electrons. The lowest BCUT2D eigenvalue weighted by Gasteiger charge is -2.14. The Morgan fingerprint density at radius 3 is 2.56 bits per heavy atom. The summed E-state index contributed by atoms with van der Waals surface area (Å²) in [5, 5.41) is 7.82. The van der Waals surface area contributed by atoms with Gasteiger partial charge in [0.15, 0.2) is 0 Å². The molecule has 1 N–H and O–H groups in total. The van der Waals surface area contributed by atoms with Crippen LogP contribution in [0.1, 0.15) is 21.5 Å².